The van der Waals surface area contributed by atoms with Gasteiger partial charge in [-0.2, -0.15) is 0 Å². The van der Waals surface area contributed by atoms with Gasteiger partial charge in [-0.05, 0) is 20.3 Å². The molecule has 5 nitrogen and oxygen atoms in total. The average Bonchev–Trinajstić information content (AvgIpc) is 2.25. The second-order valence-corrected chi connectivity index (χ2v) is 3.64. The molecular weight excluding hydrogens is 208 g/mol. The maximum absolute atomic E-state index is 11.7. The van der Waals surface area contributed by atoms with Gasteiger partial charge in [-0.25, -0.2) is 9.59 Å². The summed E-state index contributed by atoms with van der Waals surface area (Å²) in [5.41, 5.74) is -1.25. The summed E-state index contributed by atoms with van der Waals surface area (Å²) in [6.07, 6.45) is 5.42. The molecule has 0 radical (unpaired) electrons. The molecule has 0 fully saturated rings. The molecule has 0 rings (SSSR count). The van der Waals surface area contributed by atoms with Crippen molar-refractivity contribution in [2.45, 2.75) is 32.7 Å². The molecular formula is C11H18N2O3. The number of urea groups is 1. The van der Waals surface area contributed by atoms with E-state index in [2.05, 4.69) is 11.2 Å². The van der Waals surface area contributed by atoms with Gasteiger partial charge in [-0.3, -0.25) is 0 Å². The van der Waals surface area contributed by atoms with Gasteiger partial charge in [0, 0.05) is 6.54 Å². The molecule has 0 aromatic heterocycles. The zero-order chi connectivity index (χ0) is 12.8. The first kappa shape index (κ1) is 14.3. The minimum atomic E-state index is -1.25. The highest BCUT2D eigenvalue weighted by molar-refractivity contribution is 5.85. The lowest BCUT2D eigenvalue weighted by Crippen LogP contribution is -2.55. The standard InChI is InChI=1S/C11H18N2O3/c1-5-8-13(7-3)10(16)12-11(4,6-2)9(14)15/h1H,6-8H2,2-4H3,(H,12,16)(H,14,15). The molecule has 0 aromatic carbocycles. The summed E-state index contributed by atoms with van der Waals surface area (Å²) in [6.45, 7) is 5.56. The molecule has 1 unspecified atom stereocenters. The first-order valence-corrected chi connectivity index (χ1v) is 5.15. The van der Waals surface area contributed by atoms with Gasteiger partial charge >= 0.3 is 12.0 Å². The fourth-order valence-corrected chi connectivity index (χ4v) is 1.05. The van der Waals surface area contributed by atoms with Crippen LogP contribution < -0.4 is 5.32 Å². The molecule has 0 spiro atoms. The van der Waals surface area contributed by atoms with Crippen LogP contribution in [-0.2, 0) is 4.79 Å². The Hall–Kier alpha value is -1.70. The number of nitrogens with zero attached hydrogens (tertiary/aromatic N) is 1. The number of carboxylic acids is 1. The number of terminal acetylenes is 1. The molecule has 16 heavy (non-hydrogen) atoms. The highest BCUT2D eigenvalue weighted by atomic mass is 16.4. The predicted molar refractivity (Wildman–Crippen MR) is 60.9 cm³/mol. The van der Waals surface area contributed by atoms with Gasteiger partial charge in [-0.1, -0.05) is 12.8 Å². The van der Waals surface area contributed by atoms with Crippen LogP contribution in [0.15, 0.2) is 0 Å². The SMILES string of the molecule is C#CCN(CC)C(=O)NC(C)(CC)C(=O)O. The lowest BCUT2D eigenvalue weighted by molar-refractivity contribution is -0.143. The second kappa shape index (κ2) is 6.01. The normalized spacial score (nSPS) is 13.4. The molecule has 0 saturated carbocycles. The average molecular weight is 226 g/mol. The van der Waals surface area contributed by atoms with Crippen molar-refractivity contribution in [2.24, 2.45) is 0 Å². The van der Waals surface area contributed by atoms with E-state index in [0.29, 0.717) is 13.0 Å². The van der Waals surface area contributed by atoms with Crippen LogP contribution in [-0.4, -0.2) is 40.6 Å². The Morgan fingerprint density at radius 3 is 2.38 bits per heavy atom. The number of amides is 2. The second-order valence-electron chi connectivity index (χ2n) is 3.64. The van der Waals surface area contributed by atoms with E-state index in [-0.39, 0.29) is 6.54 Å². The number of hydrogen-bond donors (Lipinski definition) is 2. The third-order valence-electron chi connectivity index (χ3n) is 2.51. The van der Waals surface area contributed by atoms with Gasteiger partial charge in [0.05, 0.1) is 6.54 Å². The topological polar surface area (TPSA) is 69.6 Å². The van der Waals surface area contributed by atoms with Crippen LogP contribution in [0.3, 0.4) is 0 Å². The van der Waals surface area contributed by atoms with Gasteiger partial charge in [0.1, 0.15) is 5.54 Å². The zero-order valence-corrected chi connectivity index (χ0v) is 9.91. The van der Waals surface area contributed by atoms with Crippen molar-refractivity contribution < 1.29 is 14.7 Å². The Kier molecular flexibility index (Phi) is 5.37. The number of hydrogen-bond acceptors (Lipinski definition) is 2. The molecule has 0 aliphatic carbocycles. The monoisotopic (exact) mass is 226 g/mol. The lowest BCUT2D eigenvalue weighted by Gasteiger charge is -2.28. The molecule has 0 aliphatic heterocycles. The lowest BCUT2D eigenvalue weighted by atomic mass is 10.00. The first-order chi connectivity index (χ1) is 7.41. The van der Waals surface area contributed by atoms with Gasteiger partial charge in [0.2, 0.25) is 0 Å². The number of carbonyl (C=O) groups excluding carboxylic acids is 1. The summed E-state index contributed by atoms with van der Waals surface area (Å²) in [4.78, 5) is 24.1. The maximum Gasteiger partial charge on any atom is 0.329 e. The van der Waals surface area contributed by atoms with E-state index in [1.54, 1.807) is 13.8 Å². The predicted octanol–water partition coefficient (Wildman–Crippen LogP) is 0.904. The number of aliphatic carboxylic acids is 1. The fourth-order valence-electron chi connectivity index (χ4n) is 1.05. The van der Waals surface area contributed by atoms with E-state index in [0.717, 1.165) is 0 Å². The van der Waals surface area contributed by atoms with Gasteiger partial charge in [-0.15, -0.1) is 6.42 Å². The Bertz CT molecular complexity index is 309. The van der Waals surface area contributed by atoms with E-state index in [9.17, 15) is 9.59 Å². The Balaban J connectivity index is 4.64. The van der Waals surface area contributed by atoms with Crippen molar-refractivity contribution in [3.05, 3.63) is 0 Å². The minimum absolute atomic E-state index is 0.168. The molecule has 1 atom stereocenters. The van der Waals surface area contributed by atoms with Gasteiger partial charge in [0.15, 0.2) is 0 Å². The summed E-state index contributed by atoms with van der Waals surface area (Å²) in [5, 5.41) is 11.5. The summed E-state index contributed by atoms with van der Waals surface area (Å²) in [7, 11) is 0. The Labute approximate surface area is 95.8 Å². The number of carboxylic acid groups (broad SMARTS) is 1. The molecule has 0 bridgehead atoms. The van der Waals surface area contributed by atoms with E-state index in [4.69, 9.17) is 11.5 Å². The summed E-state index contributed by atoms with van der Waals surface area (Å²) in [5.74, 6) is 1.29. The third-order valence-corrected chi connectivity index (χ3v) is 2.51. The van der Waals surface area contributed by atoms with Crippen molar-refractivity contribution in [1.29, 1.82) is 0 Å². The van der Waals surface area contributed by atoms with Crippen molar-refractivity contribution in [1.82, 2.24) is 10.2 Å². The Morgan fingerprint density at radius 2 is 2.06 bits per heavy atom. The maximum atomic E-state index is 11.7. The Morgan fingerprint density at radius 1 is 1.50 bits per heavy atom. The van der Waals surface area contributed by atoms with Crippen LogP contribution in [0.5, 0.6) is 0 Å². The van der Waals surface area contributed by atoms with Crippen LogP contribution in [0.25, 0.3) is 0 Å². The summed E-state index contributed by atoms with van der Waals surface area (Å²) in [6, 6.07) is -0.452. The molecule has 2 N–H and O–H groups in total. The molecule has 0 aliphatic rings. The molecule has 2 amide bonds. The minimum Gasteiger partial charge on any atom is -0.480 e. The third kappa shape index (κ3) is 3.46. The zero-order valence-electron chi connectivity index (χ0n) is 9.91. The molecule has 5 heteroatoms. The van der Waals surface area contributed by atoms with Crippen molar-refractivity contribution in [2.75, 3.05) is 13.1 Å². The van der Waals surface area contributed by atoms with E-state index in [1.807, 2.05) is 0 Å². The number of rotatable bonds is 5. The van der Waals surface area contributed by atoms with Crippen LogP contribution in [0.2, 0.25) is 0 Å². The smallest absolute Gasteiger partial charge is 0.329 e. The number of nitrogens with one attached hydrogen (secondary N) is 1. The fraction of sp³-hybridized carbons (Fsp3) is 0.636. The van der Waals surface area contributed by atoms with Crippen molar-refractivity contribution in [3.63, 3.8) is 0 Å². The van der Waals surface area contributed by atoms with Crippen molar-refractivity contribution in [3.8, 4) is 12.3 Å². The van der Waals surface area contributed by atoms with E-state index in [1.165, 1.54) is 11.8 Å². The number of carbonyl (C=O) groups is 2. The molecule has 90 valence electrons. The molecule has 0 saturated heterocycles. The molecule has 0 heterocycles. The van der Waals surface area contributed by atoms with Crippen LogP contribution in [0.4, 0.5) is 4.79 Å². The van der Waals surface area contributed by atoms with E-state index >= 15 is 0 Å². The van der Waals surface area contributed by atoms with Crippen molar-refractivity contribution >= 4 is 12.0 Å². The van der Waals surface area contributed by atoms with Crippen LogP contribution >= 0.6 is 0 Å². The summed E-state index contributed by atoms with van der Waals surface area (Å²) >= 11 is 0. The van der Waals surface area contributed by atoms with Gasteiger partial charge in [0.25, 0.3) is 0 Å². The highest BCUT2D eigenvalue weighted by Gasteiger charge is 2.33. The van der Waals surface area contributed by atoms with Gasteiger partial charge < -0.3 is 15.3 Å². The quantitative estimate of drug-likeness (QED) is 0.684. The van der Waals surface area contributed by atoms with E-state index < -0.39 is 17.5 Å². The largest absolute Gasteiger partial charge is 0.480 e. The first-order valence-electron chi connectivity index (χ1n) is 5.15. The molecule has 0 aromatic rings. The highest BCUT2D eigenvalue weighted by Crippen LogP contribution is 2.09. The summed E-state index contributed by atoms with van der Waals surface area (Å²) < 4.78 is 0. The van der Waals surface area contributed by atoms with Crippen LogP contribution in [0, 0.1) is 12.3 Å². The van der Waals surface area contributed by atoms with Crippen LogP contribution in [0.1, 0.15) is 27.2 Å².